The third-order valence-electron chi connectivity index (χ3n) is 2.60. The molecule has 6 heteroatoms. The predicted octanol–water partition coefficient (Wildman–Crippen LogP) is 0.885. The van der Waals surface area contributed by atoms with Crippen molar-refractivity contribution >= 4 is 11.9 Å². The van der Waals surface area contributed by atoms with E-state index in [0.29, 0.717) is 13.2 Å². The molecule has 1 aliphatic heterocycles. The third-order valence-corrected chi connectivity index (χ3v) is 2.60. The van der Waals surface area contributed by atoms with E-state index in [4.69, 9.17) is 14.2 Å². The number of hydrogen-bond donors (Lipinski definition) is 0. The summed E-state index contributed by atoms with van der Waals surface area (Å²) in [6.07, 6.45) is 4.89. The van der Waals surface area contributed by atoms with Gasteiger partial charge in [0.05, 0.1) is 26.4 Å². The number of nitrogens with zero attached hydrogens (tertiary/aromatic N) is 1. The Labute approximate surface area is 119 Å². The van der Waals surface area contributed by atoms with E-state index in [1.165, 1.54) is 6.08 Å². The smallest absolute Gasteiger partial charge is 0.345 e. The first-order valence-electron chi connectivity index (χ1n) is 6.73. The van der Waals surface area contributed by atoms with Gasteiger partial charge in [-0.15, -0.1) is 0 Å². The Morgan fingerprint density at radius 3 is 2.15 bits per heavy atom. The maximum atomic E-state index is 11.7. The van der Waals surface area contributed by atoms with Gasteiger partial charge in [0.15, 0.2) is 0 Å². The van der Waals surface area contributed by atoms with Crippen LogP contribution in [-0.4, -0.2) is 56.4 Å². The van der Waals surface area contributed by atoms with Crippen molar-refractivity contribution in [3.63, 3.8) is 0 Å². The number of hydrogen-bond acceptors (Lipinski definition) is 6. The molecule has 0 unspecified atom stereocenters. The lowest BCUT2D eigenvalue weighted by atomic mass is 10.2. The molecule has 0 aliphatic carbocycles. The molecule has 0 atom stereocenters. The van der Waals surface area contributed by atoms with Gasteiger partial charge in [0.25, 0.3) is 0 Å². The number of carbonyl (C=O) groups is 2. The van der Waals surface area contributed by atoms with Gasteiger partial charge in [-0.05, 0) is 32.2 Å². The zero-order valence-corrected chi connectivity index (χ0v) is 12.0. The highest BCUT2D eigenvalue weighted by Gasteiger charge is 2.19. The van der Waals surface area contributed by atoms with Crippen LogP contribution in [0.3, 0.4) is 0 Å². The minimum atomic E-state index is -0.669. The average Bonchev–Trinajstić information content (AvgIpc) is 2.45. The molecule has 0 radical (unpaired) electrons. The molecular weight excluding hydrogens is 262 g/mol. The molecule has 0 bridgehead atoms. The Balaban J connectivity index is 2.69. The summed E-state index contributed by atoms with van der Waals surface area (Å²) < 4.78 is 14.9. The zero-order chi connectivity index (χ0) is 14.8. The normalized spacial score (nSPS) is 15.0. The second-order valence-electron chi connectivity index (χ2n) is 4.01. The molecule has 1 saturated heterocycles. The zero-order valence-electron chi connectivity index (χ0n) is 12.0. The molecule has 0 spiro atoms. The summed E-state index contributed by atoms with van der Waals surface area (Å²) in [6.45, 7) is 6.73. The summed E-state index contributed by atoms with van der Waals surface area (Å²) in [5, 5.41) is 0. The topological polar surface area (TPSA) is 65.1 Å². The molecule has 6 nitrogen and oxygen atoms in total. The quantitative estimate of drug-likeness (QED) is 0.237. The van der Waals surface area contributed by atoms with Crippen molar-refractivity contribution in [3.8, 4) is 0 Å². The third kappa shape index (κ3) is 5.44. The molecule has 0 saturated carbocycles. The van der Waals surface area contributed by atoms with E-state index in [9.17, 15) is 9.59 Å². The van der Waals surface area contributed by atoms with Gasteiger partial charge in [0.1, 0.15) is 5.57 Å². The number of carbonyl (C=O) groups excluding carboxylic acids is 2. The molecular formula is C14H21NO5. The lowest BCUT2D eigenvalue weighted by molar-refractivity contribution is -0.146. The van der Waals surface area contributed by atoms with Gasteiger partial charge < -0.3 is 19.1 Å². The first-order chi connectivity index (χ1) is 9.69. The van der Waals surface area contributed by atoms with Crippen molar-refractivity contribution < 1.29 is 23.8 Å². The number of morpholine rings is 1. The van der Waals surface area contributed by atoms with Crippen LogP contribution in [0.25, 0.3) is 0 Å². The van der Waals surface area contributed by atoms with Gasteiger partial charge in [-0.2, -0.15) is 0 Å². The summed E-state index contributed by atoms with van der Waals surface area (Å²) in [6, 6.07) is 0. The van der Waals surface area contributed by atoms with Crippen LogP contribution in [-0.2, 0) is 23.8 Å². The molecule has 1 heterocycles. The van der Waals surface area contributed by atoms with E-state index < -0.39 is 11.9 Å². The average molecular weight is 283 g/mol. The predicted molar refractivity (Wildman–Crippen MR) is 72.9 cm³/mol. The van der Waals surface area contributed by atoms with Crippen molar-refractivity contribution in [2.24, 2.45) is 0 Å². The summed E-state index contributed by atoms with van der Waals surface area (Å²) in [4.78, 5) is 25.4. The molecule has 1 rings (SSSR count). The molecule has 0 aromatic carbocycles. The SMILES string of the molecule is CCOC(=O)C(=CC=CN1CCOCC1)C(=O)OCC. The standard InChI is InChI=1S/C14H21NO5/c1-3-19-13(16)12(14(17)20-4-2)6-5-7-15-8-10-18-11-9-15/h5-7H,3-4,8-11H2,1-2H3. The van der Waals surface area contributed by atoms with Crippen molar-refractivity contribution in [1.29, 1.82) is 0 Å². The maximum absolute atomic E-state index is 11.7. The molecule has 20 heavy (non-hydrogen) atoms. The Bertz CT molecular complexity index is 363. The second-order valence-corrected chi connectivity index (χ2v) is 4.01. The number of ether oxygens (including phenoxy) is 3. The summed E-state index contributed by atoms with van der Waals surface area (Å²) in [5.74, 6) is -1.34. The van der Waals surface area contributed by atoms with E-state index in [1.807, 2.05) is 11.1 Å². The van der Waals surface area contributed by atoms with Crippen molar-refractivity contribution in [3.05, 3.63) is 23.9 Å². The summed E-state index contributed by atoms with van der Waals surface area (Å²) in [5.41, 5.74) is -0.0989. The van der Waals surface area contributed by atoms with Crippen molar-refractivity contribution in [1.82, 2.24) is 4.90 Å². The Morgan fingerprint density at radius 1 is 1.10 bits per heavy atom. The summed E-state index contributed by atoms with van der Waals surface area (Å²) in [7, 11) is 0. The minimum Gasteiger partial charge on any atom is -0.462 e. The van der Waals surface area contributed by atoms with E-state index >= 15 is 0 Å². The minimum absolute atomic E-state index is 0.0989. The molecule has 1 aliphatic rings. The fraction of sp³-hybridized carbons (Fsp3) is 0.571. The van der Waals surface area contributed by atoms with Crippen LogP contribution in [0.15, 0.2) is 23.9 Å². The largest absolute Gasteiger partial charge is 0.462 e. The molecule has 0 amide bonds. The second kappa shape index (κ2) is 9.14. The maximum Gasteiger partial charge on any atom is 0.345 e. The van der Waals surface area contributed by atoms with Crippen LogP contribution in [0.5, 0.6) is 0 Å². The fourth-order valence-electron chi connectivity index (χ4n) is 1.62. The van der Waals surface area contributed by atoms with Crippen LogP contribution in [0, 0.1) is 0 Å². The van der Waals surface area contributed by atoms with Crippen molar-refractivity contribution in [2.75, 3.05) is 39.5 Å². The molecule has 112 valence electrons. The van der Waals surface area contributed by atoms with Gasteiger partial charge in [-0.1, -0.05) is 0 Å². The van der Waals surface area contributed by atoms with Gasteiger partial charge in [0, 0.05) is 13.1 Å². The first-order valence-corrected chi connectivity index (χ1v) is 6.73. The van der Waals surface area contributed by atoms with E-state index in [0.717, 1.165) is 13.1 Å². The number of rotatable bonds is 6. The van der Waals surface area contributed by atoms with E-state index in [2.05, 4.69) is 0 Å². The van der Waals surface area contributed by atoms with E-state index in [1.54, 1.807) is 19.9 Å². The molecule has 0 aromatic rings. The van der Waals surface area contributed by atoms with Gasteiger partial charge >= 0.3 is 11.9 Å². The highest BCUT2D eigenvalue weighted by Crippen LogP contribution is 2.04. The number of esters is 2. The van der Waals surface area contributed by atoms with Crippen LogP contribution >= 0.6 is 0 Å². The van der Waals surface area contributed by atoms with Crippen LogP contribution in [0.2, 0.25) is 0 Å². The Hall–Kier alpha value is -1.82. The van der Waals surface area contributed by atoms with Crippen molar-refractivity contribution in [2.45, 2.75) is 13.8 Å². The summed E-state index contributed by atoms with van der Waals surface area (Å²) >= 11 is 0. The van der Waals surface area contributed by atoms with Gasteiger partial charge in [-0.3, -0.25) is 0 Å². The highest BCUT2D eigenvalue weighted by molar-refractivity contribution is 6.14. The fourth-order valence-corrected chi connectivity index (χ4v) is 1.62. The number of allylic oxidation sites excluding steroid dienone is 2. The first kappa shape index (κ1) is 16.2. The van der Waals surface area contributed by atoms with Gasteiger partial charge in [0.2, 0.25) is 0 Å². The molecule has 1 fully saturated rings. The Morgan fingerprint density at radius 2 is 1.65 bits per heavy atom. The van der Waals surface area contributed by atoms with Crippen LogP contribution in [0.4, 0.5) is 0 Å². The monoisotopic (exact) mass is 283 g/mol. The Kier molecular flexibility index (Phi) is 7.42. The lowest BCUT2D eigenvalue weighted by Crippen LogP contribution is -2.31. The lowest BCUT2D eigenvalue weighted by Gasteiger charge is -2.24. The van der Waals surface area contributed by atoms with E-state index in [-0.39, 0.29) is 18.8 Å². The van der Waals surface area contributed by atoms with Crippen LogP contribution in [0.1, 0.15) is 13.8 Å². The molecule has 0 N–H and O–H groups in total. The highest BCUT2D eigenvalue weighted by atomic mass is 16.6. The van der Waals surface area contributed by atoms with Gasteiger partial charge in [-0.25, -0.2) is 9.59 Å². The van der Waals surface area contributed by atoms with Crippen LogP contribution < -0.4 is 0 Å². The molecule has 0 aromatic heterocycles.